The second-order valence-corrected chi connectivity index (χ2v) is 7.42. The lowest BCUT2D eigenvalue weighted by Gasteiger charge is -2.13. The average Bonchev–Trinajstić information content (AvgIpc) is 3.15. The Balaban J connectivity index is 1.54. The van der Waals surface area contributed by atoms with Crippen LogP contribution < -0.4 is 9.47 Å². The first-order valence-corrected chi connectivity index (χ1v) is 9.95. The van der Waals surface area contributed by atoms with Crippen molar-refractivity contribution in [2.75, 3.05) is 6.61 Å². The topological polar surface area (TPSA) is 18.5 Å². The Morgan fingerprint density at radius 3 is 2.67 bits per heavy atom. The highest BCUT2D eigenvalue weighted by atomic mass is 79.9. The molecule has 0 aromatic heterocycles. The summed E-state index contributed by atoms with van der Waals surface area (Å²) in [5.74, 6) is 1.94. The first kappa shape index (κ1) is 17.9. The molecule has 136 valence electrons. The summed E-state index contributed by atoms with van der Waals surface area (Å²) in [6.07, 6.45) is 6.05. The van der Waals surface area contributed by atoms with Gasteiger partial charge in [0.1, 0.15) is 18.1 Å². The molecule has 0 saturated heterocycles. The predicted molar refractivity (Wildman–Crippen MR) is 113 cm³/mol. The molecule has 3 aromatic rings. The SMILES string of the molecule is Brc1ccccc1/C=C/Cc1cc2c(cc1OCc1ccccc1)CCO2. The lowest BCUT2D eigenvalue weighted by Crippen LogP contribution is -1.99. The summed E-state index contributed by atoms with van der Waals surface area (Å²) in [6.45, 7) is 1.32. The van der Waals surface area contributed by atoms with Gasteiger partial charge in [0.05, 0.1) is 6.61 Å². The van der Waals surface area contributed by atoms with Crippen molar-refractivity contribution in [1.29, 1.82) is 0 Å². The fourth-order valence-corrected chi connectivity index (χ4v) is 3.61. The molecule has 27 heavy (non-hydrogen) atoms. The normalized spacial score (nSPS) is 12.8. The minimum absolute atomic E-state index is 0.571. The molecule has 0 atom stereocenters. The Morgan fingerprint density at radius 2 is 1.81 bits per heavy atom. The molecule has 0 bridgehead atoms. The number of ether oxygens (including phenoxy) is 2. The van der Waals surface area contributed by atoms with Crippen LogP contribution in [-0.4, -0.2) is 6.61 Å². The smallest absolute Gasteiger partial charge is 0.123 e. The number of fused-ring (bicyclic) bond motifs is 1. The van der Waals surface area contributed by atoms with Gasteiger partial charge in [-0.25, -0.2) is 0 Å². The molecule has 2 nitrogen and oxygen atoms in total. The van der Waals surface area contributed by atoms with Gasteiger partial charge in [-0.3, -0.25) is 0 Å². The van der Waals surface area contributed by atoms with E-state index in [1.54, 1.807) is 0 Å². The van der Waals surface area contributed by atoms with E-state index in [0.717, 1.165) is 41.0 Å². The van der Waals surface area contributed by atoms with Crippen LogP contribution in [0.1, 0.15) is 22.3 Å². The molecule has 1 aliphatic rings. The third-order valence-corrected chi connectivity index (χ3v) is 5.37. The van der Waals surface area contributed by atoms with Crippen LogP contribution >= 0.6 is 15.9 Å². The second kappa shape index (κ2) is 8.45. The molecular weight excluding hydrogens is 400 g/mol. The van der Waals surface area contributed by atoms with Gasteiger partial charge in [0.2, 0.25) is 0 Å². The van der Waals surface area contributed by atoms with Crippen LogP contribution in [0.25, 0.3) is 6.08 Å². The Labute approximate surface area is 168 Å². The van der Waals surface area contributed by atoms with Crippen LogP contribution in [0.15, 0.2) is 77.3 Å². The number of benzene rings is 3. The van der Waals surface area contributed by atoms with Crippen molar-refractivity contribution in [2.45, 2.75) is 19.4 Å². The highest BCUT2D eigenvalue weighted by Gasteiger charge is 2.16. The minimum atomic E-state index is 0.571. The molecule has 0 spiro atoms. The Bertz CT molecular complexity index is 948. The van der Waals surface area contributed by atoms with Crippen LogP contribution in [-0.2, 0) is 19.4 Å². The highest BCUT2D eigenvalue weighted by molar-refractivity contribution is 9.10. The maximum atomic E-state index is 6.18. The Morgan fingerprint density at radius 1 is 1.00 bits per heavy atom. The van der Waals surface area contributed by atoms with Gasteiger partial charge in [-0.1, -0.05) is 76.6 Å². The maximum absolute atomic E-state index is 6.18. The number of rotatable bonds is 6. The molecular formula is C24H21BrO2. The van der Waals surface area contributed by atoms with E-state index in [0.29, 0.717) is 6.61 Å². The van der Waals surface area contributed by atoms with E-state index in [1.807, 2.05) is 30.3 Å². The van der Waals surface area contributed by atoms with Crippen molar-refractivity contribution in [2.24, 2.45) is 0 Å². The quantitative estimate of drug-likeness (QED) is 0.471. The van der Waals surface area contributed by atoms with Crippen molar-refractivity contribution >= 4 is 22.0 Å². The van der Waals surface area contributed by atoms with Crippen LogP contribution in [0.5, 0.6) is 11.5 Å². The summed E-state index contributed by atoms with van der Waals surface area (Å²) in [6, 6.07) is 22.8. The van der Waals surface area contributed by atoms with Gasteiger partial charge in [0.15, 0.2) is 0 Å². The second-order valence-electron chi connectivity index (χ2n) is 6.57. The van der Waals surface area contributed by atoms with Gasteiger partial charge < -0.3 is 9.47 Å². The lowest BCUT2D eigenvalue weighted by atomic mass is 10.0. The summed E-state index contributed by atoms with van der Waals surface area (Å²) < 4.78 is 13.0. The molecule has 3 heteroatoms. The molecule has 3 aromatic carbocycles. The standard InChI is InChI=1S/C24H21BrO2/c25-22-12-5-4-9-19(22)10-6-11-20-15-23-21(13-14-26-23)16-24(20)27-17-18-7-2-1-3-8-18/h1-10,12,15-16H,11,13-14,17H2/b10-6+. The summed E-state index contributed by atoms with van der Waals surface area (Å²) in [4.78, 5) is 0. The molecule has 0 aliphatic carbocycles. The summed E-state index contributed by atoms with van der Waals surface area (Å²) in [5, 5.41) is 0. The van der Waals surface area contributed by atoms with Crippen LogP contribution in [0.3, 0.4) is 0 Å². The van der Waals surface area contributed by atoms with Gasteiger partial charge in [-0.05, 0) is 35.7 Å². The fourth-order valence-electron chi connectivity index (χ4n) is 3.20. The first-order valence-electron chi connectivity index (χ1n) is 9.16. The molecule has 0 N–H and O–H groups in total. The van der Waals surface area contributed by atoms with E-state index in [9.17, 15) is 0 Å². The lowest BCUT2D eigenvalue weighted by molar-refractivity contribution is 0.303. The van der Waals surface area contributed by atoms with Crippen molar-refractivity contribution in [3.8, 4) is 11.5 Å². The zero-order valence-electron chi connectivity index (χ0n) is 15.0. The highest BCUT2D eigenvalue weighted by Crippen LogP contribution is 2.34. The maximum Gasteiger partial charge on any atom is 0.123 e. The van der Waals surface area contributed by atoms with Crippen molar-refractivity contribution in [3.63, 3.8) is 0 Å². The number of allylic oxidation sites excluding steroid dienone is 1. The third-order valence-electron chi connectivity index (χ3n) is 4.65. The largest absolute Gasteiger partial charge is 0.493 e. The number of hydrogen-bond acceptors (Lipinski definition) is 2. The average molecular weight is 421 g/mol. The van der Waals surface area contributed by atoms with Gasteiger partial charge in [0, 0.05) is 22.0 Å². The van der Waals surface area contributed by atoms with Gasteiger partial charge in [-0.2, -0.15) is 0 Å². The van der Waals surface area contributed by atoms with Gasteiger partial charge >= 0.3 is 0 Å². The van der Waals surface area contributed by atoms with Crippen molar-refractivity contribution < 1.29 is 9.47 Å². The van der Waals surface area contributed by atoms with E-state index in [1.165, 1.54) is 16.7 Å². The first-order chi connectivity index (χ1) is 13.3. The predicted octanol–water partition coefficient (Wildman–Crippen LogP) is 6.22. The fraction of sp³-hybridized carbons (Fsp3) is 0.167. The number of halogens is 1. The van der Waals surface area contributed by atoms with Gasteiger partial charge in [0.25, 0.3) is 0 Å². The molecule has 0 fully saturated rings. The molecule has 0 unspecified atom stereocenters. The molecule has 0 saturated carbocycles. The van der Waals surface area contributed by atoms with E-state index < -0.39 is 0 Å². The van der Waals surface area contributed by atoms with Crippen LogP contribution in [0.2, 0.25) is 0 Å². The summed E-state index contributed by atoms with van der Waals surface area (Å²) >= 11 is 3.59. The zero-order chi connectivity index (χ0) is 18.5. The van der Waals surface area contributed by atoms with Crippen LogP contribution in [0.4, 0.5) is 0 Å². The van der Waals surface area contributed by atoms with E-state index in [4.69, 9.17) is 9.47 Å². The molecule has 1 aliphatic heterocycles. The van der Waals surface area contributed by atoms with Crippen molar-refractivity contribution in [1.82, 2.24) is 0 Å². The minimum Gasteiger partial charge on any atom is -0.493 e. The summed E-state index contributed by atoms with van der Waals surface area (Å²) in [5.41, 5.74) is 4.72. The van der Waals surface area contributed by atoms with E-state index in [2.05, 4.69) is 64.5 Å². The molecule has 4 rings (SSSR count). The number of hydrogen-bond donors (Lipinski definition) is 0. The van der Waals surface area contributed by atoms with Gasteiger partial charge in [-0.15, -0.1) is 0 Å². The van der Waals surface area contributed by atoms with Crippen molar-refractivity contribution in [3.05, 3.63) is 99.5 Å². The van der Waals surface area contributed by atoms with Crippen LogP contribution in [0, 0.1) is 0 Å². The third kappa shape index (κ3) is 4.42. The Kier molecular flexibility index (Phi) is 5.59. The Hall–Kier alpha value is -2.52. The molecule has 0 radical (unpaired) electrons. The summed E-state index contributed by atoms with van der Waals surface area (Å²) in [7, 11) is 0. The molecule has 1 heterocycles. The zero-order valence-corrected chi connectivity index (χ0v) is 16.6. The van der Waals surface area contributed by atoms with E-state index in [-0.39, 0.29) is 0 Å². The monoisotopic (exact) mass is 420 g/mol. The van der Waals surface area contributed by atoms with E-state index >= 15 is 0 Å². The molecule has 0 amide bonds.